The maximum absolute atomic E-state index is 13.1. The Morgan fingerprint density at radius 3 is 2.40 bits per heavy atom. The van der Waals surface area contributed by atoms with Gasteiger partial charge in [-0.1, -0.05) is 43.3 Å². The highest BCUT2D eigenvalue weighted by atomic mass is 16.5. The highest BCUT2D eigenvalue weighted by Crippen LogP contribution is 2.41. The normalized spacial score (nSPS) is 16.2. The molecule has 158 valence electrons. The van der Waals surface area contributed by atoms with Crippen LogP contribution in [0.15, 0.2) is 59.9 Å². The van der Waals surface area contributed by atoms with Gasteiger partial charge in [0.05, 0.1) is 25.8 Å². The van der Waals surface area contributed by atoms with Crippen LogP contribution in [-0.4, -0.2) is 42.5 Å². The van der Waals surface area contributed by atoms with E-state index in [1.807, 2.05) is 37.3 Å². The molecule has 1 atom stereocenters. The summed E-state index contributed by atoms with van der Waals surface area (Å²) >= 11 is 0. The van der Waals surface area contributed by atoms with E-state index in [0.717, 1.165) is 5.56 Å². The van der Waals surface area contributed by atoms with Gasteiger partial charge in [-0.25, -0.2) is 0 Å². The number of carbonyl (C=O) groups is 2. The Morgan fingerprint density at radius 2 is 1.77 bits per heavy atom. The second-order valence-electron chi connectivity index (χ2n) is 7.19. The summed E-state index contributed by atoms with van der Waals surface area (Å²) in [5, 5.41) is 10.6. The van der Waals surface area contributed by atoms with E-state index in [4.69, 9.17) is 9.47 Å². The van der Waals surface area contributed by atoms with E-state index in [9.17, 15) is 14.7 Å². The lowest BCUT2D eigenvalue weighted by molar-refractivity contribution is -0.129. The number of aliphatic hydroxyl groups is 1. The predicted molar refractivity (Wildman–Crippen MR) is 114 cm³/mol. The molecule has 1 heterocycles. The van der Waals surface area contributed by atoms with Crippen LogP contribution in [0.4, 0.5) is 0 Å². The molecule has 2 aromatic rings. The number of nitrogens with zero attached hydrogens (tertiary/aromatic N) is 1. The minimum atomic E-state index is -0.652. The van der Waals surface area contributed by atoms with Gasteiger partial charge < -0.3 is 19.5 Å². The molecule has 30 heavy (non-hydrogen) atoms. The summed E-state index contributed by atoms with van der Waals surface area (Å²) in [4.78, 5) is 27.4. The fourth-order valence-corrected chi connectivity index (χ4v) is 3.82. The van der Waals surface area contributed by atoms with Crippen molar-refractivity contribution in [2.45, 2.75) is 32.2 Å². The summed E-state index contributed by atoms with van der Waals surface area (Å²) in [6.45, 7) is 2.38. The Hall–Kier alpha value is -3.28. The summed E-state index contributed by atoms with van der Waals surface area (Å²) in [5.74, 6) is -0.150. The number of rotatable bonds is 9. The highest BCUT2D eigenvalue weighted by Gasteiger charge is 2.43. The lowest BCUT2D eigenvalue weighted by atomic mass is 9.93. The summed E-state index contributed by atoms with van der Waals surface area (Å²) < 4.78 is 10.7. The van der Waals surface area contributed by atoms with E-state index in [0.29, 0.717) is 36.4 Å². The van der Waals surface area contributed by atoms with Gasteiger partial charge in [0, 0.05) is 13.0 Å². The summed E-state index contributed by atoms with van der Waals surface area (Å²) in [6, 6.07) is 14.3. The van der Waals surface area contributed by atoms with E-state index < -0.39 is 17.7 Å². The van der Waals surface area contributed by atoms with Crippen molar-refractivity contribution in [3.63, 3.8) is 0 Å². The Morgan fingerprint density at radius 1 is 1.07 bits per heavy atom. The van der Waals surface area contributed by atoms with Crippen molar-refractivity contribution in [1.29, 1.82) is 0 Å². The number of amides is 1. The third-order valence-corrected chi connectivity index (χ3v) is 5.28. The molecule has 6 nitrogen and oxygen atoms in total. The maximum Gasteiger partial charge on any atom is 0.290 e. The molecule has 6 heteroatoms. The molecule has 0 radical (unpaired) electrons. The van der Waals surface area contributed by atoms with E-state index in [-0.39, 0.29) is 17.8 Å². The lowest BCUT2D eigenvalue weighted by Crippen LogP contribution is -2.31. The van der Waals surface area contributed by atoms with Crippen molar-refractivity contribution in [1.82, 2.24) is 4.90 Å². The van der Waals surface area contributed by atoms with Crippen molar-refractivity contribution in [3.8, 4) is 11.5 Å². The fraction of sp³-hybridized carbons (Fsp3) is 0.333. The summed E-state index contributed by atoms with van der Waals surface area (Å²) in [5.41, 5.74) is 1.88. The SMILES string of the molecule is CCCN1C(=O)C(O)=C(C(=O)CCc2ccccc2)C1c1ccc(OC)c(OC)c1. The molecule has 1 aliphatic rings. The zero-order chi connectivity index (χ0) is 21.7. The topological polar surface area (TPSA) is 76.1 Å². The van der Waals surface area contributed by atoms with E-state index >= 15 is 0 Å². The van der Waals surface area contributed by atoms with Crippen LogP contribution in [0.5, 0.6) is 11.5 Å². The highest BCUT2D eigenvalue weighted by molar-refractivity contribution is 6.09. The van der Waals surface area contributed by atoms with Gasteiger partial charge in [-0.3, -0.25) is 9.59 Å². The average Bonchev–Trinajstić information content (AvgIpc) is 3.03. The van der Waals surface area contributed by atoms with Gasteiger partial charge >= 0.3 is 0 Å². The molecular formula is C24H27NO5. The molecule has 0 aromatic heterocycles. The summed E-state index contributed by atoms with van der Waals surface area (Å²) in [6.07, 6.45) is 1.45. The molecule has 0 saturated heterocycles. The smallest absolute Gasteiger partial charge is 0.290 e. The quantitative estimate of drug-likeness (QED) is 0.677. The van der Waals surface area contributed by atoms with Gasteiger partial charge in [0.25, 0.3) is 5.91 Å². The molecule has 1 unspecified atom stereocenters. The Balaban J connectivity index is 1.96. The Bertz CT molecular complexity index is 951. The third-order valence-electron chi connectivity index (χ3n) is 5.28. The fourth-order valence-electron chi connectivity index (χ4n) is 3.82. The van der Waals surface area contributed by atoms with Crippen LogP contribution in [0.3, 0.4) is 0 Å². The molecule has 1 amide bonds. The minimum Gasteiger partial charge on any atom is -0.503 e. The van der Waals surface area contributed by atoms with Gasteiger partial charge in [-0.2, -0.15) is 0 Å². The standard InChI is InChI=1S/C24H27NO5/c1-4-14-25-22(17-11-13-19(29-2)20(15-17)30-3)21(23(27)24(25)28)18(26)12-10-16-8-6-5-7-9-16/h5-9,11,13,15,22,27H,4,10,12,14H2,1-3H3. The predicted octanol–water partition coefficient (Wildman–Crippen LogP) is 4.01. The molecule has 0 saturated carbocycles. The zero-order valence-corrected chi connectivity index (χ0v) is 17.6. The van der Waals surface area contributed by atoms with Crippen molar-refractivity contribution in [2.75, 3.05) is 20.8 Å². The van der Waals surface area contributed by atoms with Crippen molar-refractivity contribution in [3.05, 3.63) is 71.0 Å². The average molecular weight is 409 g/mol. The van der Waals surface area contributed by atoms with Crippen LogP contribution < -0.4 is 9.47 Å². The van der Waals surface area contributed by atoms with Crippen molar-refractivity contribution in [2.24, 2.45) is 0 Å². The van der Waals surface area contributed by atoms with Crippen LogP contribution in [0, 0.1) is 0 Å². The zero-order valence-electron chi connectivity index (χ0n) is 17.6. The van der Waals surface area contributed by atoms with Crippen LogP contribution in [0.25, 0.3) is 0 Å². The first-order chi connectivity index (χ1) is 14.5. The van der Waals surface area contributed by atoms with Gasteiger partial charge in [0.2, 0.25) is 0 Å². The number of ketones is 1. The first-order valence-electron chi connectivity index (χ1n) is 10.0. The van der Waals surface area contributed by atoms with E-state index in [1.54, 1.807) is 30.2 Å². The number of benzene rings is 2. The number of ether oxygens (including phenoxy) is 2. The third kappa shape index (κ3) is 4.17. The first kappa shape index (κ1) is 21.4. The number of Topliss-reactive ketones (excluding diaryl/α,β-unsaturated/α-hetero) is 1. The van der Waals surface area contributed by atoms with E-state index in [1.165, 1.54) is 7.11 Å². The minimum absolute atomic E-state index is 0.150. The number of aliphatic hydroxyl groups excluding tert-OH is 1. The van der Waals surface area contributed by atoms with E-state index in [2.05, 4.69) is 0 Å². The second kappa shape index (κ2) is 9.48. The van der Waals surface area contributed by atoms with Crippen LogP contribution >= 0.6 is 0 Å². The van der Waals surface area contributed by atoms with Crippen LogP contribution in [0.1, 0.15) is 36.9 Å². The molecule has 3 rings (SSSR count). The van der Waals surface area contributed by atoms with Gasteiger partial charge in [-0.15, -0.1) is 0 Å². The molecule has 1 aliphatic heterocycles. The number of carbonyl (C=O) groups excluding carboxylic acids is 2. The maximum atomic E-state index is 13.1. The molecule has 0 spiro atoms. The van der Waals surface area contributed by atoms with Crippen molar-refractivity contribution < 1.29 is 24.2 Å². The lowest BCUT2D eigenvalue weighted by Gasteiger charge is -2.27. The molecule has 2 aromatic carbocycles. The Labute approximate surface area is 176 Å². The monoisotopic (exact) mass is 409 g/mol. The second-order valence-corrected chi connectivity index (χ2v) is 7.19. The summed E-state index contributed by atoms with van der Waals surface area (Å²) in [7, 11) is 3.08. The molecule has 0 fully saturated rings. The number of hydrogen-bond acceptors (Lipinski definition) is 5. The molecular weight excluding hydrogens is 382 g/mol. The van der Waals surface area contributed by atoms with Gasteiger partial charge in [0.1, 0.15) is 0 Å². The molecule has 0 bridgehead atoms. The molecule has 1 N–H and O–H groups in total. The van der Waals surface area contributed by atoms with Gasteiger partial charge in [-0.05, 0) is 36.1 Å². The van der Waals surface area contributed by atoms with Crippen molar-refractivity contribution >= 4 is 11.7 Å². The number of hydrogen-bond donors (Lipinski definition) is 1. The number of aryl methyl sites for hydroxylation is 1. The number of methoxy groups -OCH3 is 2. The largest absolute Gasteiger partial charge is 0.503 e. The first-order valence-corrected chi connectivity index (χ1v) is 10.0. The molecule has 0 aliphatic carbocycles. The Kier molecular flexibility index (Phi) is 6.77. The van der Waals surface area contributed by atoms with Gasteiger partial charge in [0.15, 0.2) is 23.0 Å². The van der Waals surface area contributed by atoms with Crippen LogP contribution in [-0.2, 0) is 16.0 Å². The van der Waals surface area contributed by atoms with Crippen LogP contribution in [0.2, 0.25) is 0 Å².